The molecule has 1 aromatic carbocycles. The van der Waals surface area contributed by atoms with Crippen molar-refractivity contribution in [1.82, 2.24) is 0 Å². The highest BCUT2D eigenvalue weighted by atomic mass is 79.9. The molecular formula is C9H9BrFNO3. The molecule has 0 aromatic heterocycles. The summed E-state index contributed by atoms with van der Waals surface area (Å²) in [5, 5.41) is 18.2. The van der Waals surface area contributed by atoms with Crippen LogP contribution in [0, 0.1) is 5.82 Å². The van der Waals surface area contributed by atoms with Crippen molar-refractivity contribution < 1.29 is 19.4 Å². The topological polar surface area (TPSA) is 83.6 Å². The molecule has 0 fully saturated rings. The quantitative estimate of drug-likeness (QED) is 0.780. The Hall–Kier alpha value is -1.14. The summed E-state index contributed by atoms with van der Waals surface area (Å²) in [6, 6.07) is 2.07. The van der Waals surface area contributed by atoms with Crippen LogP contribution in [0.4, 0.5) is 4.39 Å². The van der Waals surface area contributed by atoms with E-state index in [-0.39, 0.29) is 16.6 Å². The van der Waals surface area contributed by atoms with Crippen molar-refractivity contribution in [1.29, 1.82) is 0 Å². The monoisotopic (exact) mass is 277 g/mol. The molecule has 0 saturated heterocycles. The largest absolute Gasteiger partial charge is 0.508 e. The molecule has 1 atom stereocenters. The first-order valence-electron chi connectivity index (χ1n) is 4.08. The van der Waals surface area contributed by atoms with Crippen LogP contribution in [0.25, 0.3) is 0 Å². The number of hydrogen-bond acceptors (Lipinski definition) is 3. The Labute approximate surface area is 93.6 Å². The summed E-state index contributed by atoms with van der Waals surface area (Å²) in [5.74, 6) is -3.26. The van der Waals surface area contributed by atoms with Crippen molar-refractivity contribution in [3.05, 3.63) is 28.0 Å². The number of aromatic hydroxyl groups is 1. The molecule has 1 rings (SSSR count). The first-order chi connectivity index (χ1) is 6.97. The highest BCUT2D eigenvalue weighted by molar-refractivity contribution is 9.10. The van der Waals surface area contributed by atoms with Crippen LogP contribution < -0.4 is 5.73 Å². The van der Waals surface area contributed by atoms with E-state index < -0.39 is 23.5 Å². The summed E-state index contributed by atoms with van der Waals surface area (Å²) in [5.41, 5.74) is 5.36. The fourth-order valence-electron chi connectivity index (χ4n) is 1.19. The zero-order valence-electron chi connectivity index (χ0n) is 7.58. The maximum absolute atomic E-state index is 12.9. The molecule has 4 N–H and O–H groups in total. The maximum Gasteiger partial charge on any atom is 0.312 e. The molecule has 0 spiro atoms. The van der Waals surface area contributed by atoms with Crippen molar-refractivity contribution in [3.63, 3.8) is 0 Å². The number of aliphatic carboxylic acids is 1. The lowest BCUT2D eigenvalue weighted by atomic mass is 9.98. The van der Waals surface area contributed by atoms with E-state index in [0.717, 1.165) is 6.07 Å². The second kappa shape index (κ2) is 4.59. The normalized spacial score (nSPS) is 12.5. The third-order valence-electron chi connectivity index (χ3n) is 1.98. The number of carboxylic acids is 1. The van der Waals surface area contributed by atoms with E-state index in [1.54, 1.807) is 0 Å². The van der Waals surface area contributed by atoms with Gasteiger partial charge in [0.25, 0.3) is 0 Å². The molecule has 0 aliphatic rings. The molecule has 0 aliphatic carbocycles. The summed E-state index contributed by atoms with van der Waals surface area (Å²) in [6.07, 6.45) is 0. The summed E-state index contributed by atoms with van der Waals surface area (Å²) in [6.45, 7) is -0.166. The zero-order chi connectivity index (χ0) is 11.6. The van der Waals surface area contributed by atoms with Gasteiger partial charge in [-0.25, -0.2) is 4.39 Å². The summed E-state index contributed by atoms with van der Waals surface area (Å²) in [4.78, 5) is 10.8. The highest BCUT2D eigenvalue weighted by Gasteiger charge is 2.22. The molecule has 0 radical (unpaired) electrons. The Morgan fingerprint density at radius 1 is 1.60 bits per heavy atom. The Bertz CT molecular complexity index is 397. The number of nitrogens with two attached hydrogens (primary N) is 1. The van der Waals surface area contributed by atoms with E-state index in [4.69, 9.17) is 10.8 Å². The van der Waals surface area contributed by atoms with Gasteiger partial charge < -0.3 is 15.9 Å². The van der Waals surface area contributed by atoms with Gasteiger partial charge in [0.05, 0.1) is 10.4 Å². The summed E-state index contributed by atoms with van der Waals surface area (Å²) < 4.78 is 13.0. The molecule has 0 heterocycles. The molecule has 1 unspecified atom stereocenters. The van der Waals surface area contributed by atoms with Crippen molar-refractivity contribution in [2.24, 2.45) is 5.73 Å². The second-order valence-electron chi connectivity index (χ2n) is 2.95. The molecule has 15 heavy (non-hydrogen) atoms. The minimum absolute atomic E-state index is 0.0926. The lowest BCUT2D eigenvalue weighted by Gasteiger charge is -2.12. The van der Waals surface area contributed by atoms with Crippen molar-refractivity contribution >= 4 is 21.9 Å². The predicted molar refractivity (Wildman–Crippen MR) is 55.2 cm³/mol. The molecule has 4 nitrogen and oxygen atoms in total. The predicted octanol–water partition coefficient (Wildman–Crippen LogP) is 1.42. The maximum atomic E-state index is 12.9. The Kier molecular flexibility index (Phi) is 3.65. The van der Waals surface area contributed by atoms with Gasteiger partial charge in [0, 0.05) is 18.2 Å². The number of rotatable bonds is 3. The van der Waals surface area contributed by atoms with Gasteiger partial charge >= 0.3 is 5.97 Å². The minimum Gasteiger partial charge on any atom is -0.508 e. The van der Waals surface area contributed by atoms with E-state index in [1.165, 1.54) is 6.07 Å². The number of hydrogen-bond donors (Lipinski definition) is 3. The van der Waals surface area contributed by atoms with Crippen LogP contribution >= 0.6 is 15.9 Å². The molecule has 6 heteroatoms. The minimum atomic E-state index is -1.16. The van der Waals surface area contributed by atoms with Gasteiger partial charge in [0.2, 0.25) is 0 Å². The zero-order valence-corrected chi connectivity index (χ0v) is 9.16. The summed E-state index contributed by atoms with van der Waals surface area (Å²) >= 11 is 2.91. The number of benzene rings is 1. The van der Waals surface area contributed by atoms with Gasteiger partial charge in [-0.15, -0.1) is 0 Å². The number of carboxylic acid groups (broad SMARTS) is 1. The number of halogens is 2. The fraction of sp³-hybridized carbons (Fsp3) is 0.222. The van der Waals surface area contributed by atoms with Crippen LogP contribution in [-0.4, -0.2) is 22.7 Å². The molecule has 0 saturated carbocycles. The fourth-order valence-corrected chi connectivity index (χ4v) is 1.55. The first kappa shape index (κ1) is 11.9. The Morgan fingerprint density at radius 2 is 2.20 bits per heavy atom. The number of phenolic OH excluding ortho intramolecular Hbond substituents is 1. The number of carbonyl (C=O) groups is 1. The summed E-state index contributed by atoms with van der Waals surface area (Å²) in [7, 11) is 0. The average Bonchev–Trinajstić information content (AvgIpc) is 2.14. The van der Waals surface area contributed by atoms with Gasteiger partial charge in [-0.3, -0.25) is 4.79 Å². The van der Waals surface area contributed by atoms with Gasteiger partial charge in [0.15, 0.2) is 0 Å². The van der Waals surface area contributed by atoms with E-state index in [0.29, 0.717) is 0 Å². The lowest BCUT2D eigenvalue weighted by Crippen LogP contribution is -2.21. The average molecular weight is 278 g/mol. The van der Waals surface area contributed by atoms with E-state index in [9.17, 15) is 14.3 Å². The van der Waals surface area contributed by atoms with Crippen molar-refractivity contribution in [3.8, 4) is 5.75 Å². The second-order valence-corrected chi connectivity index (χ2v) is 3.81. The third kappa shape index (κ3) is 2.45. The van der Waals surface area contributed by atoms with Gasteiger partial charge in [-0.05, 0) is 22.0 Å². The smallest absolute Gasteiger partial charge is 0.312 e. The Balaban J connectivity index is 3.24. The molecule has 82 valence electrons. The van der Waals surface area contributed by atoms with Gasteiger partial charge in [0.1, 0.15) is 11.6 Å². The van der Waals surface area contributed by atoms with Gasteiger partial charge in [-0.1, -0.05) is 0 Å². The van der Waals surface area contributed by atoms with E-state index in [2.05, 4.69) is 15.9 Å². The Morgan fingerprint density at radius 3 is 2.67 bits per heavy atom. The van der Waals surface area contributed by atoms with E-state index >= 15 is 0 Å². The standard InChI is InChI=1S/C9H9BrFNO3/c10-6-1-4(5(3-12)9(14)15)8(13)2-7(6)11/h1-2,5,13H,3,12H2,(H,14,15). The van der Waals surface area contributed by atoms with Gasteiger partial charge in [-0.2, -0.15) is 0 Å². The third-order valence-corrected chi connectivity index (χ3v) is 2.59. The van der Waals surface area contributed by atoms with Crippen LogP contribution in [0.15, 0.2) is 16.6 Å². The molecule has 0 amide bonds. The molecule has 1 aromatic rings. The lowest BCUT2D eigenvalue weighted by molar-refractivity contribution is -0.138. The van der Waals surface area contributed by atoms with Crippen LogP contribution in [0.2, 0.25) is 0 Å². The first-order valence-corrected chi connectivity index (χ1v) is 4.87. The van der Waals surface area contributed by atoms with E-state index in [1.807, 2.05) is 0 Å². The van der Waals surface area contributed by atoms with Crippen molar-refractivity contribution in [2.75, 3.05) is 6.54 Å². The number of phenols is 1. The highest BCUT2D eigenvalue weighted by Crippen LogP contribution is 2.30. The SMILES string of the molecule is NCC(C(=O)O)c1cc(Br)c(F)cc1O. The van der Waals surface area contributed by atoms with Crippen LogP contribution in [0.1, 0.15) is 11.5 Å². The van der Waals surface area contributed by atoms with Crippen LogP contribution in [-0.2, 0) is 4.79 Å². The van der Waals surface area contributed by atoms with Crippen LogP contribution in [0.5, 0.6) is 5.75 Å². The molecular weight excluding hydrogens is 269 g/mol. The van der Waals surface area contributed by atoms with Crippen LogP contribution in [0.3, 0.4) is 0 Å². The molecule has 0 aliphatic heterocycles. The van der Waals surface area contributed by atoms with Crippen molar-refractivity contribution in [2.45, 2.75) is 5.92 Å². The molecule has 0 bridgehead atoms.